The molecular weight excluding hydrogens is 408 g/mol. The molecule has 0 saturated carbocycles. The Bertz CT molecular complexity index is 1270. The summed E-state index contributed by atoms with van der Waals surface area (Å²) in [6.45, 7) is 2.29. The second-order valence-electron chi connectivity index (χ2n) is 7.50. The van der Waals surface area contributed by atoms with Gasteiger partial charge in [0.1, 0.15) is 11.6 Å². The summed E-state index contributed by atoms with van der Waals surface area (Å²) < 4.78 is 5.50. The van der Waals surface area contributed by atoms with Crippen LogP contribution in [0.2, 0.25) is 0 Å². The van der Waals surface area contributed by atoms with Crippen molar-refractivity contribution in [2.75, 3.05) is 13.7 Å². The molecule has 0 spiro atoms. The van der Waals surface area contributed by atoms with E-state index in [-0.39, 0.29) is 5.56 Å². The minimum atomic E-state index is -0.0533. The zero-order valence-electron chi connectivity index (χ0n) is 17.2. The number of benzene rings is 1. The average Bonchev–Trinajstić information content (AvgIpc) is 3.28. The van der Waals surface area contributed by atoms with Crippen molar-refractivity contribution in [3.63, 3.8) is 0 Å². The zero-order chi connectivity index (χ0) is 21.2. The third-order valence-corrected chi connectivity index (χ3v) is 6.62. The van der Waals surface area contributed by atoms with Crippen LogP contribution in [0.1, 0.15) is 16.1 Å². The van der Waals surface area contributed by atoms with Gasteiger partial charge in [-0.1, -0.05) is 12.1 Å². The third-order valence-electron chi connectivity index (χ3n) is 5.51. The van der Waals surface area contributed by atoms with Crippen molar-refractivity contribution < 1.29 is 4.74 Å². The fourth-order valence-corrected chi connectivity index (χ4v) is 5.02. The highest BCUT2D eigenvalue weighted by atomic mass is 32.1. The fraction of sp³-hybridized carbons (Fsp3) is 0.208. The number of thiophene rings is 1. The van der Waals surface area contributed by atoms with E-state index in [1.165, 1.54) is 9.75 Å². The maximum Gasteiger partial charge on any atom is 0.255 e. The van der Waals surface area contributed by atoms with Crippen LogP contribution in [0.15, 0.2) is 65.7 Å². The van der Waals surface area contributed by atoms with E-state index in [1.807, 2.05) is 30.3 Å². The molecular formula is C24H22N4O2S. The second kappa shape index (κ2) is 8.45. The number of nitrogens with one attached hydrogen (secondary N) is 1. The van der Waals surface area contributed by atoms with E-state index in [1.54, 1.807) is 30.8 Å². The van der Waals surface area contributed by atoms with Crippen LogP contribution in [-0.4, -0.2) is 33.5 Å². The summed E-state index contributed by atoms with van der Waals surface area (Å²) >= 11 is 1.77. The van der Waals surface area contributed by atoms with Gasteiger partial charge in [0.25, 0.3) is 5.56 Å². The first kappa shape index (κ1) is 19.7. The fourth-order valence-electron chi connectivity index (χ4n) is 3.94. The minimum absolute atomic E-state index is 0.0533. The van der Waals surface area contributed by atoms with Gasteiger partial charge in [-0.3, -0.25) is 14.7 Å². The van der Waals surface area contributed by atoms with Crippen LogP contribution in [0.5, 0.6) is 5.75 Å². The highest BCUT2D eigenvalue weighted by Gasteiger charge is 2.22. The molecule has 0 unspecified atom stereocenters. The van der Waals surface area contributed by atoms with Crippen LogP contribution in [0, 0.1) is 0 Å². The van der Waals surface area contributed by atoms with Gasteiger partial charge < -0.3 is 9.72 Å². The number of H-pyrrole nitrogens is 1. The highest BCUT2D eigenvalue weighted by Crippen LogP contribution is 2.35. The molecule has 7 heteroatoms. The van der Waals surface area contributed by atoms with Gasteiger partial charge in [-0.15, -0.1) is 11.3 Å². The second-order valence-corrected chi connectivity index (χ2v) is 8.67. The lowest BCUT2D eigenvalue weighted by Crippen LogP contribution is -2.35. The molecule has 0 fully saturated rings. The number of ether oxygens (including phenoxy) is 1. The number of methoxy groups -OCH3 is 1. The molecule has 0 atom stereocenters. The Morgan fingerprint density at radius 2 is 1.97 bits per heavy atom. The van der Waals surface area contributed by atoms with E-state index in [9.17, 15) is 4.79 Å². The van der Waals surface area contributed by atoms with Gasteiger partial charge in [0, 0.05) is 59.3 Å². The summed E-state index contributed by atoms with van der Waals surface area (Å²) in [5.41, 5.74) is 3.59. The summed E-state index contributed by atoms with van der Waals surface area (Å²) in [4.78, 5) is 29.2. The zero-order valence-corrected chi connectivity index (χ0v) is 18.0. The molecule has 4 aromatic rings. The third kappa shape index (κ3) is 4.02. The van der Waals surface area contributed by atoms with E-state index >= 15 is 0 Å². The predicted octanol–water partition coefficient (Wildman–Crippen LogP) is 4.13. The smallest absolute Gasteiger partial charge is 0.255 e. The van der Waals surface area contributed by atoms with Gasteiger partial charge in [-0.05, 0) is 36.4 Å². The number of aromatic nitrogens is 3. The lowest BCUT2D eigenvalue weighted by Gasteiger charge is -2.27. The molecule has 0 radical (unpaired) electrons. The first-order valence-electron chi connectivity index (χ1n) is 10.2. The Labute approximate surface area is 184 Å². The molecule has 0 amide bonds. The quantitative estimate of drug-likeness (QED) is 0.516. The maximum absolute atomic E-state index is 12.8. The Kier molecular flexibility index (Phi) is 5.36. The molecule has 1 aliphatic rings. The molecule has 1 aliphatic heterocycles. The monoisotopic (exact) mass is 430 g/mol. The number of hydrogen-bond acceptors (Lipinski definition) is 6. The van der Waals surface area contributed by atoms with Crippen LogP contribution < -0.4 is 10.3 Å². The van der Waals surface area contributed by atoms with Crippen molar-refractivity contribution in [1.82, 2.24) is 19.9 Å². The van der Waals surface area contributed by atoms with Crippen LogP contribution in [0.3, 0.4) is 0 Å². The van der Waals surface area contributed by atoms with Gasteiger partial charge in [0.2, 0.25) is 0 Å². The Hall–Kier alpha value is -3.29. The topological polar surface area (TPSA) is 71.1 Å². The number of para-hydroxylation sites is 1. The van der Waals surface area contributed by atoms with Gasteiger partial charge >= 0.3 is 0 Å². The number of fused-ring (bicyclic) bond motifs is 1. The summed E-state index contributed by atoms with van der Waals surface area (Å²) in [7, 11) is 1.70. The summed E-state index contributed by atoms with van der Waals surface area (Å²) in [5, 5.41) is 0. The van der Waals surface area contributed by atoms with Crippen LogP contribution in [-0.2, 0) is 19.5 Å². The largest absolute Gasteiger partial charge is 0.496 e. The lowest BCUT2D eigenvalue weighted by atomic mass is 10.1. The Morgan fingerprint density at radius 3 is 2.81 bits per heavy atom. The Balaban J connectivity index is 1.34. The first-order chi connectivity index (χ1) is 15.2. The van der Waals surface area contributed by atoms with E-state index in [0.717, 1.165) is 47.6 Å². The SMILES string of the molecule is COc1ccccc1-c1ccc(CN2CCc3nc(-c4ccncc4)[nH]c(=O)c3C2)s1. The van der Waals surface area contributed by atoms with E-state index in [0.29, 0.717) is 12.4 Å². The van der Waals surface area contributed by atoms with Crippen LogP contribution in [0.4, 0.5) is 0 Å². The predicted molar refractivity (Wildman–Crippen MR) is 122 cm³/mol. The van der Waals surface area contributed by atoms with Gasteiger partial charge in [-0.2, -0.15) is 0 Å². The molecule has 0 aliphatic carbocycles. The molecule has 156 valence electrons. The molecule has 6 nitrogen and oxygen atoms in total. The molecule has 31 heavy (non-hydrogen) atoms. The van der Waals surface area contributed by atoms with E-state index in [2.05, 4.69) is 33.1 Å². The van der Waals surface area contributed by atoms with Gasteiger partial charge in [0.05, 0.1) is 18.4 Å². The molecule has 4 heterocycles. The standard InChI is InChI=1S/C24H22N4O2S/c1-30-21-5-3-2-4-18(21)22-7-6-17(31-22)14-28-13-10-20-19(15-28)24(29)27-23(26-20)16-8-11-25-12-9-16/h2-9,11-12H,10,13-15H2,1H3,(H,26,27,29). The maximum atomic E-state index is 12.8. The first-order valence-corrected chi connectivity index (χ1v) is 11.0. The number of aromatic amines is 1. The summed E-state index contributed by atoms with van der Waals surface area (Å²) in [5.74, 6) is 1.49. The van der Waals surface area contributed by atoms with Crippen molar-refractivity contribution in [3.05, 3.63) is 87.4 Å². The normalized spacial score (nSPS) is 13.7. The average molecular weight is 431 g/mol. The number of nitrogens with zero attached hydrogens (tertiary/aromatic N) is 3. The molecule has 3 aromatic heterocycles. The van der Waals surface area contributed by atoms with Gasteiger partial charge in [-0.25, -0.2) is 4.98 Å². The van der Waals surface area contributed by atoms with Crippen molar-refractivity contribution in [2.45, 2.75) is 19.5 Å². The Morgan fingerprint density at radius 1 is 1.13 bits per heavy atom. The summed E-state index contributed by atoms with van der Waals surface area (Å²) in [6.07, 6.45) is 4.18. The summed E-state index contributed by atoms with van der Waals surface area (Å²) in [6, 6.07) is 16.1. The lowest BCUT2D eigenvalue weighted by molar-refractivity contribution is 0.244. The molecule has 0 bridgehead atoms. The minimum Gasteiger partial charge on any atom is -0.496 e. The van der Waals surface area contributed by atoms with E-state index < -0.39 is 0 Å². The van der Waals surface area contributed by atoms with E-state index in [4.69, 9.17) is 9.72 Å². The molecule has 1 N–H and O–H groups in total. The molecule has 0 saturated heterocycles. The molecule has 5 rings (SSSR count). The van der Waals surface area contributed by atoms with Crippen molar-refractivity contribution in [1.29, 1.82) is 0 Å². The number of rotatable bonds is 5. The van der Waals surface area contributed by atoms with Crippen LogP contribution >= 0.6 is 11.3 Å². The van der Waals surface area contributed by atoms with Crippen molar-refractivity contribution >= 4 is 11.3 Å². The van der Waals surface area contributed by atoms with Crippen molar-refractivity contribution in [2.24, 2.45) is 0 Å². The van der Waals surface area contributed by atoms with Crippen molar-refractivity contribution in [3.8, 4) is 27.6 Å². The molecule has 1 aromatic carbocycles. The number of pyridine rings is 1. The van der Waals surface area contributed by atoms with Crippen LogP contribution in [0.25, 0.3) is 21.8 Å². The van der Waals surface area contributed by atoms with Gasteiger partial charge in [0.15, 0.2) is 0 Å². The highest BCUT2D eigenvalue weighted by molar-refractivity contribution is 7.15. The number of hydrogen-bond donors (Lipinski definition) is 1.